The molecule has 0 saturated carbocycles. The Labute approximate surface area is 124 Å². The van der Waals surface area contributed by atoms with Crippen molar-refractivity contribution < 1.29 is 13.9 Å². The molecule has 0 heterocycles. The number of hydrogen-bond acceptors (Lipinski definition) is 3. The molecule has 21 heavy (non-hydrogen) atoms. The van der Waals surface area contributed by atoms with Gasteiger partial charge in [-0.3, -0.25) is 0 Å². The van der Waals surface area contributed by atoms with E-state index in [1.165, 1.54) is 12.1 Å². The van der Waals surface area contributed by atoms with Gasteiger partial charge in [0.2, 0.25) is 0 Å². The van der Waals surface area contributed by atoms with Crippen LogP contribution in [0.25, 0.3) is 0 Å². The summed E-state index contributed by atoms with van der Waals surface area (Å²) in [5, 5.41) is 3.11. The molecule has 0 unspecified atom stereocenters. The largest absolute Gasteiger partial charge is 0.490 e. The molecule has 0 aliphatic carbocycles. The van der Waals surface area contributed by atoms with Crippen LogP contribution in [0, 0.1) is 5.82 Å². The van der Waals surface area contributed by atoms with Crippen LogP contribution < -0.4 is 14.8 Å². The topological polar surface area (TPSA) is 30.5 Å². The summed E-state index contributed by atoms with van der Waals surface area (Å²) < 4.78 is 24.4. The highest BCUT2D eigenvalue weighted by molar-refractivity contribution is 5.46. The third-order valence-electron chi connectivity index (χ3n) is 3.02. The summed E-state index contributed by atoms with van der Waals surface area (Å²) in [6.07, 6.45) is 0. The molecule has 0 aromatic heterocycles. The van der Waals surface area contributed by atoms with E-state index >= 15 is 0 Å². The van der Waals surface area contributed by atoms with Crippen LogP contribution in [0.3, 0.4) is 0 Å². The monoisotopic (exact) mass is 289 g/mol. The fraction of sp³-hybridized carbons (Fsp3) is 0.294. The van der Waals surface area contributed by atoms with E-state index in [2.05, 4.69) is 5.32 Å². The zero-order valence-corrected chi connectivity index (χ0v) is 12.4. The van der Waals surface area contributed by atoms with Crippen LogP contribution in [-0.2, 0) is 13.2 Å². The molecule has 1 N–H and O–H groups in total. The van der Waals surface area contributed by atoms with Gasteiger partial charge in [-0.05, 0) is 37.7 Å². The fourth-order valence-corrected chi connectivity index (χ4v) is 2.06. The predicted octanol–water partition coefficient (Wildman–Crippen LogP) is 3.52. The van der Waals surface area contributed by atoms with Crippen molar-refractivity contribution >= 4 is 0 Å². The first-order valence-electron chi connectivity index (χ1n) is 7.01. The minimum atomic E-state index is -0.246. The van der Waals surface area contributed by atoms with Gasteiger partial charge in [0.25, 0.3) is 0 Å². The Morgan fingerprint density at radius 1 is 1.05 bits per heavy atom. The highest BCUT2D eigenvalue weighted by Crippen LogP contribution is 2.32. The molecule has 0 aliphatic heterocycles. The Hall–Kier alpha value is -2.07. The molecule has 0 saturated heterocycles. The lowest BCUT2D eigenvalue weighted by Gasteiger charge is -2.16. The van der Waals surface area contributed by atoms with Gasteiger partial charge in [-0.2, -0.15) is 0 Å². The summed E-state index contributed by atoms with van der Waals surface area (Å²) in [5.74, 6) is 1.22. The first-order chi connectivity index (χ1) is 10.2. The molecule has 2 rings (SSSR count). The van der Waals surface area contributed by atoms with Gasteiger partial charge in [-0.15, -0.1) is 0 Å². The predicted molar refractivity (Wildman–Crippen MR) is 81.1 cm³/mol. The van der Waals surface area contributed by atoms with Crippen molar-refractivity contribution in [2.75, 3.05) is 13.7 Å². The molecule has 4 heteroatoms. The third-order valence-corrected chi connectivity index (χ3v) is 3.02. The van der Waals surface area contributed by atoms with E-state index in [0.29, 0.717) is 19.8 Å². The van der Waals surface area contributed by atoms with Crippen molar-refractivity contribution in [1.82, 2.24) is 5.32 Å². The van der Waals surface area contributed by atoms with Crippen molar-refractivity contribution in [2.45, 2.75) is 20.1 Å². The van der Waals surface area contributed by atoms with Gasteiger partial charge < -0.3 is 14.8 Å². The zero-order chi connectivity index (χ0) is 15.1. The van der Waals surface area contributed by atoms with Crippen LogP contribution in [0.5, 0.6) is 11.5 Å². The highest BCUT2D eigenvalue weighted by Gasteiger charge is 2.10. The first-order valence-corrected chi connectivity index (χ1v) is 7.01. The smallest absolute Gasteiger partial charge is 0.166 e. The Bertz CT molecular complexity index is 545. The van der Waals surface area contributed by atoms with Crippen LogP contribution in [0.15, 0.2) is 42.5 Å². The Balaban J connectivity index is 2.17. The number of ether oxygens (including phenoxy) is 2. The van der Waals surface area contributed by atoms with Crippen LogP contribution in [0.1, 0.15) is 18.1 Å². The number of nitrogens with one attached hydrogen (secondary N) is 1. The van der Waals surface area contributed by atoms with Crippen LogP contribution in [0.4, 0.5) is 4.39 Å². The van der Waals surface area contributed by atoms with Crippen LogP contribution in [-0.4, -0.2) is 13.7 Å². The molecule has 0 atom stereocenters. The number of hydrogen-bond donors (Lipinski definition) is 1. The SMILES string of the molecule is CCOc1cccc(CNC)c1OCc1ccc(F)cc1. The Kier molecular flexibility index (Phi) is 5.58. The normalized spacial score (nSPS) is 10.4. The second kappa shape index (κ2) is 7.64. The number of halogens is 1. The van der Waals surface area contributed by atoms with Crippen molar-refractivity contribution in [3.63, 3.8) is 0 Å². The van der Waals surface area contributed by atoms with Gasteiger partial charge in [0.15, 0.2) is 11.5 Å². The summed E-state index contributed by atoms with van der Waals surface area (Å²) in [6, 6.07) is 12.1. The maximum absolute atomic E-state index is 12.9. The minimum absolute atomic E-state index is 0.246. The molecule has 0 amide bonds. The summed E-state index contributed by atoms with van der Waals surface area (Å²) in [6.45, 7) is 3.59. The molecule has 2 aromatic carbocycles. The van der Waals surface area contributed by atoms with E-state index in [1.54, 1.807) is 12.1 Å². The highest BCUT2D eigenvalue weighted by atomic mass is 19.1. The first kappa shape index (κ1) is 15.3. The van der Waals surface area contributed by atoms with E-state index in [9.17, 15) is 4.39 Å². The van der Waals surface area contributed by atoms with Crippen molar-refractivity contribution in [3.8, 4) is 11.5 Å². The van der Waals surface area contributed by atoms with Crippen LogP contribution >= 0.6 is 0 Å². The van der Waals surface area contributed by atoms with Crippen LogP contribution in [0.2, 0.25) is 0 Å². The van der Waals surface area contributed by atoms with E-state index < -0.39 is 0 Å². The third kappa shape index (κ3) is 4.20. The van der Waals surface area contributed by atoms with Gasteiger partial charge in [0.05, 0.1) is 6.61 Å². The van der Waals surface area contributed by atoms with E-state index in [0.717, 1.165) is 22.6 Å². The molecule has 0 aliphatic rings. The standard InChI is InChI=1S/C17H20FNO2/c1-3-20-16-6-4-5-14(11-19-2)17(16)21-12-13-7-9-15(18)10-8-13/h4-10,19H,3,11-12H2,1-2H3. The molecular formula is C17H20FNO2. The van der Waals surface area contributed by atoms with Gasteiger partial charge in [-0.25, -0.2) is 4.39 Å². The molecule has 0 spiro atoms. The molecule has 0 radical (unpaired) electrons. The fourth-order valence-electron chi connectivity index (χ4n) is 2.06. The second-order valence-electron chi connectivity index (χ2n) is 4.62. The maximum atomic E-state index is 12.9. The zero-order valence-electron chi connectivity index (χ0n) is 12.4. The van der Waals surface area contributed by atoms with Gasteiger partial charge >= 0.3 is 0 Å². The van der Waals surface area contributed by atoms with E-state index in [4.69, 9.17) is 9.47 Å². The molecule has 2 aromatic rings. The molecular weight excluding hydrogens is 269 g/mol. The molecule has 112 valence electrons. The van der Waals surface area contributed by atoms with Gasteiger partial charge in [-0.1, -0.05) is 24.3 Å². The molecule has 0 bridgehead atoms. The van der Waals surface area contributed by atoms with Crippen molar-refractivity contribution in [2.24, 2.45) is 0 Å². The van der Waals surface area contributed by atoms with Gasteiger partial charge in [0.1, 0.15) is 12.4 Å². The summed E-state index contributed by atoms with van der Waals surface area (Å²) in [7, 11) is 1.89. The lowest BCUT2D eigenvalue weighted by Crippen LogP contribution is -2.09. The molecule has 3 nitrogen and oxygen atoms in total. The maximum Gasteiger partial charge on any atom is 0.166 e. The number of para-hydroxylation sites is 1. The average molecular weight is 289 g/mol. The molecule has 0 fully saturated rings. The quantitative estimate of drug-likeness (QED) is 0.846. The average Bonchev–Trinajstić information content (AvgIpc) is 2.49. The number of rotatable bonds is 7. The second-order valence-corrected chi connectivity index (χ2v) is 4.62. The van der Waals surface area contributed by atoms with E-state index in [1.807, 2.05) is 32.2 Å². The summed E-state index contributed by atoms with van der Waals surface area (Å²) in [4.78, 5) is 0. The number of benzene rings is 2. The Morgan fingerprint density at radius 3 is 2.48 bits per heavy atom. The van der Waals surface area contributed by atoms with E-state index in [-0.39, 0.29) is 5.82 Å². The lowest BCUT2D eigenvalue weighted by atomic mass is 10.1. The summed E-state index contributed by atoms with van der Waals surface area (Å²) in [5.41, 5.74) is 1.95. The Morgan fingerprint density at radius 2 is 1.81 bits per heavy atom. The van der Waals surface area contributed by atoms with Gasteiger partial charge in [0, 0.05) is 12.1 Å². The summed E-state index contributed by atoms with van der Waals surface area (Å²) >= 11 is 0. The van der Waals surface area contributed by atoms with Crippen molar-refractivity contribution in [3.05, 3.63) is 59.4 Å². The minimum Gasteiger partial charge on any atom is -0.490 e. The lowest BCUT2D eigenvalue weighted by molar-refractivity contribution is 0.266. The van der Waals surface area contributed by atoms with Crippen molar-refractivity contribution in [1.29, 1.82) is 0 Å².